The van der Waals surface area contributed by atoms with E-state index in [0.29, 0.717) is 11.2 Å². The van der Waals surface area contributed by atoms with Crippen molar-refractivity contribution in [2.45, 2.75) is 38.8 Å². The molecule has 0 spiro atoms. The quantitative estimate of drug-likeness (QED) is 0.852. The Labute approximate surface area is 114 Å². The molecule has 2 heterocycles. The molecule has 0 aliphatic carbocycles. The van der Waals surface area contributed by atoms with Gasteiger partial charge >= 0.3 is 0 Å². The third kappa shape index (κ3) is 3.90. The molecule has 0 radical (unpaired) electrons. The highest BCUT2D eigenvalue weighted by Crippen LogP contribution is 2.14. The van der Waals surface area contributed by atoms with Crippen LogP contribution in [0.3, 0.4) is 0 Å². The highest BCUT2D eigenvalue weighted by Gasteiger charge is 2.17. The number of hydrogen-bond donors (Lipinski definition) is 1. The monoisotopic (exact) mass is 268 g/mol. The molecule has 1 aliphatic heterocycles. The normalized spacial score (nSPS) is 21.0. The van der Waals surface area contributed by atoms with E-state index in [2.05, 4.69) is 27.2 Å². The summed E-state index contributed by atoms with van der Waals surface area (Å²) < 4.78 is 0. The fraction of sp³-hybridized carbons (Fsp3) is 0.692. The number of nitrogens with zero attached hydrogens (tertiary/aromatic N) is 3. The first-order valence-corrected chi connectivity index (χ1v) is 6.94. The minimum atomic E-state index is 0.536. The standard InChI is InChI=1S/C13H21ClN4/c1-10-8-12(14)17-13(16-10)9-18(2)11-4-3-6-15-7-5-11/h8,11,15H,3-7,9H2,1-2H3. The van der Waals surface area contributed by atoms with E-state index in [4.69, 9.17) is 11.6 Å². The second-order valence-electron chi connectivity index (χ2n) is 5.00. The Kier molecular flexibility index (Phi) is 4.92. The summed E-state index contributed by atoms with van der Waals surface area (Å²) in [5.41, 5.74) is 0.931. The van der Waals surface area contributed by atoms with Gasteiger partial charge in [-0.05, 0) is 52.4 Å². The zero-order valence-electron chi connectivity index (χ0n) is 11.1. The maximum absolute atomic E-state index is 5.97. The van der Waals surface area contributed by atoms with Crippen LogP contribution in [0.1, 0.15) is 30.8 Å². The average Bonchev–Trinajstić information content (AvgIpc) is 2.55. The van der Waals surface area contributed by atoms with Gasteiger partial charge in [-0.3, -0.25) is 4.90 Å². The van der Waals surface area contributed by atoms with Crippen molar-refractivity contribution in [3.8, 4) is 0 Å². The molecule has 1 aromatic heterocycles. The van der Waals surface area contributed by atoms with Gasteiger partial charge in [0.2, 0.25) is 0 Å². The van der Waals surface area contributed by atoms with Crippen molar-refractivity contribution in [3.63, 3.8) is 0 Å². The van der Waals surface area contributed by atoms with Crippen LogP contribution in [0.2, 0.25) is 5.15 Å². The smallest absolute Gasteiger partial charge is 0.144 e. The maximum atomic E-state index is 5.97. The van der Waals surface area contributed by atoms with Gasteiger partial charge in [0.15, 0.2) is 0 Å². The summed E-state index contributed by atoms with van der Waals surface area (Å²) in [5, 5.41) is 3.97. The number of nitrogens with one attached hydrogen (secondary N) is 1. The maximum Gasteiger partial charge on any atom is 0.144 e. The summed E-state index contributed by atoms with van der Waals surface area (Å²) in [6.45, 7) is 4.96. The van der Waals surface area contributed by atoms with Crippen molar-refractivity contribution in [1.82, 2.24) is 20.2 Å². The highest BCUT2D eigenvalue weighted by molar-refractivity contribution is 6.29. The van der Waals surface area contributed by atoms with E-state index in [0.717, 1.165) is 31.2 Å². The van der Waals surface area contributed by atoms with Gasteiger partial charge in [-0.1, -0.05) is 11.6 Å². The predicted molar refractivity (Wildman–Crippen MR) is 73.8 cm³/mol. The fourth-order valence-electron chi connectivity index (χ4n) is 2.45. The molecule has 18 heavy (non-hydrogen) atoms. The molecule has 1 fully saturated rings. The summed E-state index contributed by atoms with van der Waals surface area (Å²) in [6, 6.07) is 2.41. The Morgan fingerprint density at radius 2 is 2.22 bits per heavy atom. The molecule has 1 aliphatic rings. The Morgan fingerprint density at radius 3 is 3.00 bits per heavy atom. The van der Waals surface area contributed by atoms with Crippen LogP contribution >= 0.6 is 11.6 Å². The van der Waals surface area contributed by atoms with Crippen molar-refractivity contribution in [1.29, 1.82) is 0 Å². The summed E-state index contributed by atoms with van der Waals surface area (Å²) in [6.07, 6.45) is 3.67. The largest absolute Gasteiger partial charge is 0.317 e. The number of aryl methyl sites for hydroxylation is 1. The van der Waals surface area contributed by atoms with Crippen LogP contribution in [0.5, 0.6) is 0 Å². The molecule has 1 N–H and O–H groups in total. The molecule has 0 bridgehead atoms. The zero-order chi connectivity index (χ0) is 13.0. The van der Waals surface area contributed by atoms with Gasteiger partial charge in [0.1, 0.15) is 11.0 Å². The summed E-state index contributed by atoms with van der Waals surface area (Å²) >= 11 is 5.97. The van der Waals surface area contributed by atoms with Gasteiger partial charge in [-0.2, -0.15) is 0 Å². The van der Waals surface area contributed by atoms with Crippen LogP contribution in [-0.2, 0) is 6.54 Å². The van der Waals surface area contributed by atoms with Crippen LogP contribution in [0, 0.1) is 6.92 Å². The molecule has 0 saturated carbocycles. The second kappa shape index (κ2) is 6.45. The molecule has 1 unspecified atom stereocenters. The van der Waals surface area contributed by atoms with Crippen LogP contribution in [0.25, 0.3) is 0 Å². The van der Waals surface area contributed by atoms with Crippen molar-refractivity contribution < 1.29 is 0 Å². The molecule has 100 valence electrons. The fourth-order valence-corrected chi connectivity index (χ4v) is 2.71. The lowest BCUT2D eigenvalue weighted by atomic mass is 10.1. The average molecular weight is 269 g/mol. The number of hydrogen-bond acceptors (Lipinski definition) is 4. The number of aromatic nitrogens is 2. The van der Waals surface area contributed by atoms with E-state index in [1.165, 1.54) is 19.3 Å². The minimum absolute atomic E-state index is 0.536. The number of halogens is 1. The Morgan fingerprint density at radius 1 is 1.39 bits per heavy atom. The topological polar surface area (TPSA) is 41.1 Å². The van der Waals surface area contributed by atoms with Crippen LogP contribution in [-0.4, -0.2) is 41.0 Å². The molecule has 0 aromatic carbocycles. The van der Waals surface area contributed by atoms with Crippen molar-refractivity contribution in [2.75, 3.05) is 20.1 Å². The lowest BCUT2D eigenvalue weighted by Gasteiger charge is -2.26. The van der Waals surface area contributed by atoms with Gasteiger partial charge in [-0.15, -0.1) is 0 Å². The molecular formula is C13H21ClN4. The Bertz CT molecular complexity index is 368. The first-order chi connectivity index (χ1) is 8.65. The third-order valence-corrected chi connectivity index (χ3v) is 3.62. The molecule has 1 aromatic rings. The first-order valence-electron chi connectivity index (χ1n) is 6.56. The van der Waals surface area contributed by atoms with Crippen LogP contribution in [0.4, 0.5) is 0 Å². The molecule has 2 rings (SSSR count). The van der Waals surface area contributed by atoms with E-state index in [9.17, 15) is 0 Å². The van der Waals surface area contributed by atoms with E-state index in [1.807, 2.05) is 6.92 Å². The van der Waals surface area contributed by atoms with Gasteiger partial charge in [-0.25, -0.2) is 9.97 Å². The van der Waals surface area contributed by atoms with Crippen LogP contribution in [0.15, 0.2) is 6.07 Å². The minimum Gasteiger partial charge on any atom is -0.317 e. The number of rotatable bonds is 3. The van der Waals surface area contributed by atoms with E-state index in [-0.39, 0.29) is 0 Å². The summed E-state index contributed by atoms with van der Waals surface area (Å²) in [5.74, 6) is 0.819. The molecule has 1 saturated heterocycles. The second-order valence-corrected chi connectivity index (χ2v) is 5.39. The molecule has 0 amide bonds. The van der Waals surface area contributed by atoms with Gasteiger partial charge in [0, 0.05) is 11.7 Å². The van der Waals surface area contributed by atoms with E-state index in [1.54, 1.807) is 6.07 Å². The Balaban J connectivity index is 1.98. The zero-order valence-corrected chi connectivity index (χ0v) is 11.9. The summed E-state index contributed by atoms with van der Waals surface area (Å²) in [4.78, 5) is 11.1. The highest BCUT2D eigenvalue weighted by atomic mass is 35.5. The van der Waals surface area contributed by atoms with Crippen molar-refractivity contribution in [2.24, 2.45) is 0 Å². The van der Waals surface area contributed by atoms with Gasteiger partial charge in [0.05, 0.1) is 6.54 Å². The SMILES string of the molecule is Cc1cc(Cl)nc(CN(C)C2CCCNCC2)n1. The van der Waals surface area contributed by atoms with Crippen LogP contribution < -0.4 is 5.32 Å². The lowest BCUT2D eigenvalue weighted by molar-refractivity contribution is 0.211. The predicted octanol–water partition coefficient (Wildman–Crippen LogP) is 2.01. The molecule has 5 heteroatoms. The van der Waals surface area contributed by atoms with Crippen molar-refractivity contribution >= 4 is 11.6 Å². The van der Waals surface area contributed by atoms with E-state index >= 15 is 0 Å². The van der Waals surface area contributed by atoms with Gasteiger partial charge in [0.25, 0.3) is 0 Å². The third-order valence-electron chi connectivity index (χ3n) is 3.43. The van der Waals surface area contributed by atoms with Crippen molar-refractivity contribution in [3.05, 3.63) is 22.7 Å². The Hall–Kier alpha value is -0.710. The molecule has 4 nitrogen and oxygen atoms in total. The summed E-state index contributed by atoms with van der Waals surface area (Å²) in [7, 11) is 2.15. The lowest BCUT2D eigenvalue weighted by Crippen LogP contribution is -2.32. The molecular weight excluding hydrogens is 248 g/mol. The molecule has 1 atom stereocenters. The van der Waals surface area contributed by atoms with Gasteiger partial charge < -0.3 is 5.32 Å². The first kappa shape index (κ1) is 13.7. The van der Waals surface area contributed by atoms with E-state index < -0.39 is 0 Å².